The number of aryl methyl sites for hydroxylation is 1. The van der Waals surface area contributed by atoms with Crippen molar-refractivity contribution in [2.75, 3.05) is 19.6 Å². The van der Waals surface area contributed by atoms with Crippen molar-refractivity contribution in [2.45, 2.75) is 25.7 Å². The SMILES string of the molecule is NCCC1CCN(C(=O)CCc2ccccc2)C1. The Morgan fingerprint density at radius 3 is 2.83 bits per heavy atom. The first-order valence-corrected chi connectivity index (χ1v) is 6.81. The summed E-state index contributed by atoms with van der Waals surface area (Å²) in [5, 5.41) is 0. The number of hydrogen-bond donors (Lipinski definition) is 1. The fraction of sp³-hybridized carbons (Fsp3) is 0.533. The molecule has 3 nitrogen and oxygen atoms in total. The first kappa shape index (κ1) is 13.1. The number of nitrogens with zero attached hydrogens (tertiary/aromatic N) is 1. The van der Waals surface area contributed by atoms with Crippen LogP contribution in [-0.4, -0.2) is 30.4 Å². The fourth-order valence-corrected chi connectivity index (χ4v) is 2.58. The highest BCUT2D eigenvalue weighted by molar-refractivity contribution is 5.76. The lowest BCUT2D eigenvalue weighted by atomic mass is 10.1. The van der Waals surface area contributed by atoms with Crippen LogP contribution in [0.3, 0.4) is 0 Å². The van der Waals surface area contributed by atoms with E-state index < -0.39 is 0 Å². The second-order valence-corrected chi connectivity index (χ2v) is 5.06. The molecule has 0 aliphatic carbocycles. The quantitative estimate of drug-likeness (QED) is 0.861. The van der Waals surface area contributed by atoms with Gasteiger partial charge in [0.25, 0.3) is 0 Å². The van der Waals surface area contributed by atoms with Crippen molar-refractivity contribution < 1.29 is 4.79 Å². The van der Waals surface area contributed by atoms with Gasteiger partial charge in [0.15, 0.2) is 0 Å². The number of rotatable bonds is 5. The first-order chi connectivity index (χ1) is 8.79. The largest absolute Gasteiger partial charge is 0.342 e. The Hall–Kier alpha value is -1.35. The van der Waals surface area contributed by atoms with Crippen LogP contribution in [0.2, 0.25) is 0 Å². The molecule has 1 aromatic carbocycles. The summed E-state index contributed by atoms with van der Waals surface area (Å²) in [6.45, 7) is 2.56. The normalized spacial score (nSPS) is 19.2. The minimum atomic E-state index is 0.290. The highest BCUT2D eigenvalue weighted by atomic mass is 16.2. The van der Waals surface area contributed by atoms with Crippen LogP contribution >= 0.6 is 0 Å². The number of carbonyl (C=O) groups is 1. The van der Waals surface area contributed by atoms with E-state index in [1.54, 1.807) is 0 Å². The topological polar surface area (TPSA) is 46.3 Å². The van der Waals surface area contributed by atoms with Gasteiger partial charge in [0.05, 0.1) is 0 Å². The summed E-state index contributed by atoms with van der Waals surface area (Å²) in [5.41, 5.74) is 6.80. The first-order valence-electron chi connectivity index (χ1n) is 6.81. The van der Waals surface area contributed by atoms with E-state index in [-0.39, 0.29) is 0 Å². The number of amides is 1. The third-order valence-electron chi connectivity index (χ3n) is 3.68. The van der Waals surface area contributed by atoms with Gasteiger partial charge in [-0.05, 0) is 37.3 Å². The molecule has 0 radical (unpaired) electrons. The molecule has 18 heavy (non-hydrogen) atoms. The molecule has 3 heteroatoms. The van der Waals surface area contributed by atoms with E-state index in [0.29, 0.717) is 18.2 Å². The highest BCUT2D eigenvalue weighted by Gasteiger charge is 2.24. The smallest absolute Gasteiger partial charge is 0.222 e. The second kappa shape index (κ2) is 6.55. The van der Waals surface area contributed by atoms with E-state index in [9.17, 15) is 4.79 Å². The third-order valence-corrected chi connectivity index (χ3v) is 3.68. The lowest BCUT2D eigenvalue weighted by molar-refractivity contribution is -0.130. The summed E-state index contributed by atoms with van der Waals surface area (Å²) in [6, 6.07) is 10.2. The molecule has 1 aliphatic heterocycles. The molecule has 1 amide bonds. The van der Waals surface area contributed by atoms with E-state index in [4.69, 9.17) is 5.73 Å². The predicted octanol–water partition coefficient (Wildman–Crippen LogP) is 1.82. The summed E-state index contributed by atoms with van der Waals surface area (Å²) < 4.78 is 0. The van der Waals surface area contributed by atoms with Crippen molar-refractivity contribution in [3.63, 3.8) is 0 Å². The Balaban J connectivity index is 1.76. The summed E-state index contributed by atoms with van der Waals surface area (Å²) >= 11 is 0. The molecule has 1 aromatic rings. The Morgan fingerprint density at radius 1 is 1.33 bits per heavy atom. The van der Waals surface area contributed by atoms with Gasteiger partial charge < -0.3 is 10.6 Å². The summed E-state index contributed by atoms with van der Waals surface area (Å²) in [6.07, 6.45) is 3.63. The maximum Gasteiger partial charge on any atom is 0.222 e. The van der Waals surface area contributed by atoms with Crippen LogP contribution in [0.1, 0.15) is 24.8 Å². The minimum Gasteiger partial charge on any atom is -0.342 e. The molecule has 0 spiro atoms. The number of likely N-dealkylation sites (tertiary alicyclic amines) is 1. The lowest BCUT2D eigenvalue weighted by Crippen LogP contribution is -2.29. The van der Waals surface area contributed by atoms with Gasteiger partial charge in [0.1, 0.15) is 0 Å². The number of carbonyl (C=O) groups excluding carboxylic acids is 1. The Labute approximate surface area is 109 Å². The van der Waals surface area contributed by atoms with Crippen LogP contribution < -0.4 is 5.73 Å². The zero-order valence-electron chi connectivity index (χ0n) is 10.8. The molecule has 0 saturated carbocycles. The summed E-state index contributed by atoms with van der Waals surface area (Å²) in [4.78, 5) is 14.1. The van der Waals surface area contributed by atoms with Crippen molar-refractivity contribution >= 4 is 5.91 Å². The van der Waals surface area contributed by atoms with Crippen LogP contribution in [0.5, 0.6) is 0 Å². The average molecular weight is 246 g/mol. The lowest BCUT2D eigenvalue weighted by Gasteiger charge is -2.16. The predicted molar refractivity (Wildman–Crippen MR) is 73.1 cm³/mol. The van der Waals surface area contributed by atoms with Crippen molar-refractivity contribution in [3.05, 3.63) is 35.9 Å². The Bertz CT molecular complexity index is 377. The zero-order chi connectivity index (χ0) is 12.8. The molecular formula is C15H22N2O. The molecule has 2 N–H and O–H groups in total. The number of nitrogens with two attached hydrogens (primary N) is 1. The zero-order valence-corrected chi connectivity index (χ0v) is 10.8. The molecule has 1 atom stereocenters. The van der Waals surface area contributed by atoms with Crippen LogP contribution in [0, 0.1) is 5.92 Å². The van der Waals surface area contributed by atoms with E-state index in [1.807, 2.05) is 23.1 Å². The molecule has 2 rings (SSSR count). The van der Waals surface area contributed by atoms with E-state index in [0.717, 1.165) is 38.9 Å². The third kappa shape index (κ3) is 3.57. The van der Waals surface area contributed by atoms with Crippen molar-refractivity contribution in [1.82, 2.24) is 4.90 Å². The van der Waals surface area contributed by atoms with Gasteiger partial charge in [-0.2, -0.15) is 0 Å². The van der Waals surface area contributed by atoms with Gasteiger partial charge in [0.2, 0.25) is 5.91 Å². The van der Waals surface area contributed by atoms with Crippen LogP contribution in [0.4, 0.5) is 0 Å². The van der Waals surface area contributed by atoms with Crippen LogP contribution in [0.25, 0.3) is 0 Å². The molecule has 1 heterocycles. The van der Waals surface area contributed by atoms with Gasteiger partial charge in [-0.3, -0.25) is 4.79 Å². The minimum absolute atomic E-state index is 0.290. The van der Waals surface area contributed by atoms with Gasteiger partial charge in [-0.15, -0.1) is 0 Å². The molecule has 0 bridgehead atoms. The van der Waals surface area contributed by atoms with Gasteiger partial charge in [-0.25, -0.2) is 0 Å². The molecule has 1 aliphatic rings. The monoisotopic (exact) mass is 246 g/mol. The summed E-state index contributed by atoms with van der Waals surface area (Å²) in [7, 11) is 0. The van der Waals surface area contributed by atoms with Crippen molar-refractivity contribution in [3.8, 4) is 0 Å². The maximum atomic E-state index is 12.1. The van der Waals surface area contributed by atoms with E-state index in [1.165, 1.54) is 5.56 Å². The summed E-state index contributed by atoms with van der Waals surface area (Å²) in [5.74, 6) is 0.911. The fourth-order valence-electron chi connectivity index (χ4n) is 2.58. The molecule has 1 fully saturated rings. The number of hydrogen-bond acceptors (Lipinski definition) is 2. The average Bonchev–Trinajstić information content (AvgIpc) is 2.86. The van der Waals surface area contributed by atoms with E-state index in [2.05, 4.69) is 12.1 Å². The molecular weight excluding hydrogens is 224 g/mol. The van der Waals surface area contributed by atoms with Gasteiger partial charge in [-0.1, -0.05) is 30.3 Å². The van der Waals surface area contributed by atoms with E-state index >= 15 is 0 Å². The molecule has 1 unspecified atom stereocenters. The molecule has 98 valence electrons. The Kier molecular flexibility index (Phi) is 4.76. The van der Waals surface area contributed by atoms with Crippen LogP contribution in [0.15, 0.2) is 30.3 Å². The van der Waals surface area contributed by atoms with Gasteiger partial charge >= 0.3 is 0 Å². The van der Waals surface area contributed by atoms with Crippen molar-refractivity contribution in [2.24, 2.45) is 11.7 Å². The van der Waals surface area contributed by atoms with Crippen molar-refractivity contribution in [1.29, 1.82) is 0 Å². The standard InChI is InChI=1S/C15H22N2O/c16-10-8-14-9-11-17(12-14)15(18)7-6-13-4-2-1-3-5-13/h1-5,14H,6-12,16H2. The van der Waals surface area contributed by atoms with Crippen LogP contribution in [-0.2, 0) is 11.2 Å². The Morgan fingerprint density at radius 2 is 2.11 bits per heavy atom. The maximum absolute atomic E-state index is 12.1. The molecule has 1 saturated heterocycles. The molecule has 0 aromatic heterocycles. The second-order valence-electron chi connectivity index (χ2n) is 5.06. The highest BCUT2D eigenvalue weighted by Crippen LogP contribution is 2.19. The van der Waals surface area contributed by atoms with Gasteiger partial charge in [0, 0.05) is 19.5 Å². The number of benzene rings is 1.